The van der Waals surface area contributed by atoms with Crippen molar-refractivity contribution in [1.82, 2.24) is 4.90 Å². The van der Waals surface area contributed by atoms with Crippen LogP contribution in [0.1, 0.15) is 6.92 Å². The van der Waals surface area contributed by atoms with E-state index in [4.69, 9.17) is 4.74 Å². The monoisotopic (exact) mass is 237 g/mol. The van der Waals surface area contributed by atoms with E-state index in [1.165, 1.54) is 30.3 Å². The fraction of sp³-hybridized carbons (Fsp3) is 0.308. The Kier molecular flexibility index (Phi) is 4.69. The van der Waals surface area contributed by atoms with E-state index >= 15 is 0 Å². The number of nitrogens with zero attached hydrogens (tertiary/aromatic N) is 1. The van der Waals surface area contributed by atoms with Gasteiger partial charge in [-0.05, 0) is 31.2 Å². The first-order valence-electron chi connectivity index (χ1n) is 5.29. The van der Waals surface area contributed by atoms with Crippen LogP contribution < -0.4 is 4.74 Å². The fourth-order valence-corrected chi connectivity index (χ4v) is 1.13. The third-order valence-electron chi connectivity index (χ3n) is 2.06. The summed E-state index contributed by atoms with van der Waals surface area (Å²) in [6.45, 7) is 1.66. The van der Waals surface area contributed by atoms with E-state index < -0.39 is 6.10 Å². The van der Waals surface area contributed by atoms with Crippen LogP contribution >= 0.6 is 0 Å². The van der Waals surface area contributed by atoms with Crippen molar-refractivity contribution in [1.29, 1.82) is 0 Å². The molecule has 0 unspecified atom stereocenters. The van der Waals surface area contributed by atoms with Crippen molar-refractivity contribution in [3.63, 3.8) is 0 Å². The highest BCUT2D eigenvalue weighted by Gasteiger charge is 2.11. The lowest BCUT2D eigenvalue weighted by Gasteiger charge is -2.12. The molecular formula is C13H16FNO2. The first-order valence-corrected chi connectivity index (χ1v) is 5.29. The van der Waals surface area contributed by atoms with Gasteiger partial charge >= 0.3 is 0 Å². The van der Waals surface area contributed by atoms with Crippen molar-refractivity contribution >= 4 is 5.78 Å². The second-order valence-corrected chi connectivity index (χ2v) is 3.90. The zero-order chi connectivity index (χ0) is 12.8. The molecule has 0 N–H and O–H groups in total. The molecule has 4 heteroatoms. The Labute approximate surface area is 100 Å². The number of hydrogen-bond acceptors (Lipinski definition) is 3. The van der Waals surface area contributed by atoms with Crippen molar-refractivity contribution in [2.45, 2.75) is 13.0 Å². The summed E-state index contributed by atoms with van der Waals surface area (Å²) in [5.74, 6) is 0.0114. The SMILES string of the molecule is C[C@H](Oc1ccc(F)cc1)C(=O)C=CN(C)C. The molecule has 0 saturated carbocycles. The molecular weight excluding hydrogens is 221 g/mol. The molecule has 0 aliphatic heterocycles. The molecule has 0 aliphatic rings. The predicted molar refractivity (Wildman–Crippen MR) is 64.3 cm³/mol. The van der Waals surface area contributed by atoms with Crippen molar-refractivity contribution < 1.29 is 13.9 Å². The highest BCUT2D eigenvalue weighted by molar-refractivity contribution is 5.93. The molecule has 0 amide bonds. The van der Waals surface area contributed by atoms with E-state index in [0.717, 1.165) is 0 Å². The summed E-state index contributed by atoms with van der Waals surface area (Å²) in [6, 6.07) is 5.58. The van der Waals surface area contributed by atoms with Gasteiger partial charge in [-0.25, -0.2) is 4.39 Å². The quantitative estimate of drug-likeness (QED) is 0.735. The van der Waals surface area contributed by atoms with Gasteiger partial charge in [0.25, 0.3) is 0 Å². The molecule has 3 nitrogen and oxygen atoms in total. The summed E-state index contributed by atoms with van der Waals surface area (Å²) in [6.07, 6.45) is 2.53. The molecule has 1 aromatic rings. The summed E-state index contributed by atoms with van der Waals surface area (Å²) in [4.78, 5) is 13.4. The number of halogens is 1. The summed E-state index contributed by atoms with van der Waals surface area (Å²) in [5.41, 5.74) is 0. The molecule has 1 atom stereocenters. The number of benzene rings is 1. The van der Waals surface area contributed by atoms with E-state index in [1.807, 2.05) is 14.1 Å². The maximum atomic E-state index is 12.7. The predicted octanol–water partition coefficient (Wildman–Crippen LogP) is 2.24. The molecule has 0 heterocycles. The van der Waals surface area contributed by atoms with Crippen LogP contribution in [0.4, 0.5) is 4.39 Å². The molecule has 0 aromatic heterocycles. The van der Waals surface area contributed by atoms with Gasteiger partial charge in [-0.1, -0.05) is 0 Å². The number of carbonyl (C=O) groups is 1. The Morgan fingerprint density at radius 1 is 1.35 bits per heavy atom. The fourth-order valence-electron chi connectivity index (χ4n) is 1.13. The van der Waals surface area contributed by atoms with E-state index in [9.17, 15) is 9.18 Å². The van der Waals surface area contributed by atoms with Crippen LogP contribution in [0.3, 0.4) is 0 Å². The summed E-state index contributed by atoms with van der Waals surface area (Å²) in [7, 11) is 3.66. The smallest absolute Gasteiger partial charge is 0.197 e. The minimum absolute atomic E-state index is 0.136. The third kappa shape index (κ3) is 4.68. The number of ether oxygens (including phenoxy) is 1. The van der Waals surface area contributed by atoms with Gasteiger partial charge in [-0.15, -0.1) is 0 Å². The van der Waals surface area contributed by atoms with E-state index in [2.05, 4.69) is 0 Å². The van der Waals surface area contributed by atoms with Crippen molar-refractivity contribution in [3.05, 3.63) is 42.4 Å². The van der Waals surface area contributed by atoms with Gasteiger partial charge in [-0.3, -0.25) is 4.79 Å². The molecule has 0 fully saturated rings. The van der Waals surface area contributed by atoms with Gasteiger partial charge in [0, 0.05) is 26.4 Å². The molecule has 0 saturated heterocycles. The van der Waals surface area contributed by atoms with Gasteiger partial charge in [0.15, 0.2) is 11.9 Å². The maximum absolute atomic E-state index is 12.7. The Morgan fingerprint density at radius 3 is 2.47 bits per heavy atom. The van der Waals surface area contributed by atoms with E-state index in [-0.39, 0.29) is 11.6 Å². The lowest BCUT2D eigenvalue weighted by atomic mass is 10.2. The van der Waals surface area contributed by atoms with E-state index in [0.29, 0.717) is 5.75 Å². The number of ketones is 1. The minimum atomic E-state index is -0.586. The average molecular weight is 237 g/mol. The van der Waals surface area contributed by atoms with Crippen LogP contribution in [0.2, 0.25) is 0 Å². The van der Waals surface area contributed by atoms with Crippen LogP contribution in [0.15, 0.2) is 36.5 Å². The summed E-state index contributed by atoms with van der Waals surface area (Å²) in [5, 5.41) is 0. The minimum Gasteiger partial charge on any atom is -0.483 e. The Bertz CT molecular complexity index is 398. The Balaban J connectivity index is 2.57. The second-order valence-electron chi connectivity index (χ2n) is 3.90. The maximum Gasteiger partial charge on any atom is 0.197 e. The van der Waals surface area contributed by atoms with Crippen LogP contribution in [0, 0.1) is 5.82 Å². The van der Waals surface area contributed by atoms with Crippen LogP contribution in [0.25, 0.3) is 0 Å². The van der Waals surface area contributed by atoms with Gasteiger partial charge in [-0.2, -0.15) is 0 Å². The van der Waals surface area contributed by atoms with Gasteiger partial charge in [0.05, 0.1) is 0 Å². The number of hydrogen-bond donors (Lipinski definition) is 0. The summed E-state index contributed by atoms with van der Waals surface area (Å²) >= 11 is 0. The van der Waals surface area contributed by atoms with Crippen molar-refractivity contribution in [2.24, 2.45) is 0 Å². The highest BCUT2D eigenvalue weighted by Crippen LogP contribution is 2.13. The van der Waals surface area contributed by atoms with Crippen molar-refractivity contribution in [3.8, 4) is 5.75 Å². The van der Waals surface area contributed by atoms with Crippen LogP contribution in [0.5, 0.6) is 5.75 Å². The first-order chi connectivity index (χ1) is 7.99. The molecule has 92 valence electrons. The Morgan fingerprint density at radius 2 is 1.94 bits per heavy atom. The lowest BCUT2D eigenvalue weighted by molar-refractivity contribution is -0.120. The molecule has 0 radical (unpaired) electrons. The zero-order valence-corrected chi connectivity index (χ0v) is 10.2. The third-order valence-corrected chi connectivity index (χ3v) is 2.06. The van der Waals surface area contributed by atoms with Gasteiger partial charge < -0.3 is 9.64 Å². The molecule has 0 aliphatic carbocycles. The van der Waals surface area contributed by atoms with Gasteiger partial charge in [0.1, 0.15) is 11.6 Å². The average Bonchev–Trinajstić information content (AvgIpc) is 2.28. The molecule has 1 rings (SSSR count). The van der Waals surface area contributed by atoms with Crippen LogP contribution in [-0.4, -0.2) is 30.9 Å². The van der Waals surface area contributed by atoms with Gasteiger partial charge in [0.2, 0.25) is 0 Å². The standard InChI is InChI=1S/C13H16FNO2/c1-10(13(16)8-9-15(2)3)17-12-6-4-11(14)5-7-12/h4-10H,1-3H3/t10-/m0/s1. The first kappa shape index (κ1) is 13.2. The summed E-state index contributed by atoms with van der Waals surface area (Å²) < 4.78 is 18.0. The topological polar surface area (TPSA) is 29.5 Å². The lowest BCUT2D eigenvalue weighted by Crippen LogP contribution is -2.22. The molecule has 0 spiro atoms. The molecule has 1 aromatic carbocycles. The molecule has 0 bridgehead atoms. The van der Waals surface area contributed by atoms with Crippen molar-refractivity contribution in [2.75, 3.05) is 14.1 Å². The largest absolute Gasteiger partial charge is 0.483 e. The zero-order valence-electron chi connectivity index (χ0n) is 10.2. The molecule has 17 heavy (non-hydrogen) atoms. The number of rotatable bonds is 5. The normalized spacial score (nSPS) is 12.5. The Hall–Kier alpha value is -1.84. The number of carbonyl (C=O) groups excluding carboxylic acids is 1. The van der Waals surface area contributed by atoms with E-state index in [1.54, 1.807) is 18.0 Å². The van der Waals surface area contributed by atoms with Crippen LogP contribution in [-0.2, 0) is 4.79 Å². The second kappa shape index (κ2) is 6.03. The highest BCUT2D eigenvalue weighted by atomic mass is 19.1.